The first-order valence-corrected chi connectivity index (χ1v) is 10.8. The Morgan fingerprint density at radius 3 is 1.81 bits per heavy atom. The molecule has 0 heterocycles. The molecule has 0 bridgehead atoms. The fourth-order valence-electron chi connectivity index (χ4n) is 1.69. The second kappa shape index (κ2) is 8.05. The SMILES string of the molecule is CC[Si](CC)(CC)O[C@H](CCI)C(Cl)(Cl)Cl. The maximum atomic E-state index is 6.23. The molecular formula is C10H20Cl3IOSi. The lowest BCUT2D eigenvalue weighted by molar-refractivity contribution is 0.188. The molecule has 0 spiro atoms. The number of hydrogen-bond donors (Lipinski definition) is 0. The summed E-state index contributed by atoms with van der Waals surface area (Å²) in [6.45, 7) is 6.54. The van der Waals surface area contributed by atoms with Gasteiger partial charge in [-0.1, -0.05) is 78.2 Å². The Kier molecular flexibility index (Phi) is 8.94. The first kappa shape index (κ1) is 17.8. The van der Waals surface area contributed by atoms with Crippen molar-refractivity contribution in [1.82, 2.24) is 0 Å². The molecule has 1 atom stereocenters. The predicted molar refractivity (Wildman–Crippen MR) is 85.9 cm³/mol. The number of hydrogen-bond acceptors (Lipinski definition) is 1. The summed E-state index contributed by atoms with van der Waals surface area (Å²) < 4.78 is 5.87. The average molecular weight is 418 g/mol. The number of halogens is 4. The monoisotopic (exact) mass is 416 g/mol. The van der Waals surface area contributed by atoms with E-state index in [4.69, 9.17) is 39.2 Å². The average Bonchev–Trinajstić information content (AvgIpc) is 2.23. The van der Waals surface area contributed by atoms with Crippen molar-refractivity contribution in [3.63, 3.8) is 0 Å². The third-order valence-corrected chi connectivity index (χ3v) is 9.07. The summed E-state index contributed by atoms with van der Waals surface area (Å²) in [5.41, 5.74) is 0. The van der Waals surface area contributed by atoms with Crippen LogP contribution in [0.5, 0.6) is 0 Å². The lowest BCUT2D eigenvalue weighted by atomic mass is 10.3. The fraction of sp³-hybridized carbons (Fsp3) is 1.00. The van der Waals surface area contributed by atoms with Crippen molar-refractivity contribution in [2.75, 3.05) is 4.43 Å². The van der Waals surface area contributed by atoms with E-state index in [1.54, 1.807) is 0 Å². The van der Waals surface area contributed by atoms with E-state index in [1.165, 1.54) is 0 Å². The Bertz CT molecular complexity index is 187. The topological polar surface area (TPSA) is 9.23 Å². The third-order valence-electron chi connectivity index (χ3n) is 3.06. The highest BCUT2D eigenvalue weighted by Crippen LogP contribution is 2.38. The van der Waals surface area contributed by atoms with E-state index in [-0.39, 0.29) is 6.10 Å². The summed E-state index contributed by atoms with van der Waals surface area (Å²) in [5, 5.41) is 0. The van der Waals surface area contributed by atoms with Gasteiger partial charge in [0.15, 0.2) is 8.32 Å². The highest BCUT2D eigenvalue weighted by Gasteiger charge is 2.40. The first-order valence-electron chi connectivity index (χ1n) is 5.65. The lowest BCUT2D eigenvalue weighted by Crippen LogP contribution is -2.44. The Morgan fingerprint density at radius 1 is 1.12 bits per heavy atom. The first-order chi connectivity index (χ1) is 7.35. The van der Waals surface area contributed by atoms with E-state index in [9.17, 15) is 0 Å². The molecule has 0 aromatic heterocycles. The molecule has 0 aliphatic carbocycles. The van der Waals surface area contributed by atoms with Crippen LogP contribution in [0.1, 0.15) is 27.2 Å². The molecule has 0 saturated heterocycles. The molecule has 0 fully saturated rings. The van der Waals surface area contributed by atoms with Crippen molar-refractivity contribution in [2.24, 2.45) is 0 Å². The predicted octanol–water partition coefficient (Wildman–Crippen LogP) is 5.57. The Hall–Kier alpha value is 1.78. The van der Waals surface area contributed by atoms with Crippen LogP contribution in [-0.2, 0) is 4.43 Å². The lowest BCUT2D eigenvalue weighted by Gasteiger charge is -2.36. The molecule has 0 aromatic rings. The quantitative estimate of drug-likeness (QED) is 0.299. The van der Waals surface area contributed by atoms with Gasteiger partial charge in [-0.25, -0.2) is 0 Å². The van der Waals surface area contributed by atoms with Crippen LogP contribution in [0.3, 0.4) is 0 Å². The minimum atomic E-state index is -1.68. The summed E-state index contributed by atoms with van der Waals surface area (Å²) >= 11 is 20.2. The molecular weight excluding hydrogens is 397 g/mol. The van der Waals surface area contributed by atoms with E-state index in [0.29, 0.717) is 0 Å². The van der Waals surface area contributed by atoms with E-state index in [2.05, 4.69) is 43.4 Å². The van der Waals surface area contributed by atoms with Crippen LogP contribution in [0, 0.1) is 0 Å². The van der Waals surface area contributed by atoms with Gasteiger partial charge in [0.2, 0.25) is 3.79 Å². The Labute approximate surface area is 129 Å². The Morgan fingerprint density at radius 2 is 1.56 bits per heavy atom. The zero-order valence-corrected chi connectivity index (χ0v) is 15.5. The van der Waals surface area contributed by atoms with Crippen molar-refractivity contribution in [1.29, 1.82) is 0 Å². The molecule has 16 heavy (non-hydrogen) atoms. The van der Waals surface area contributed by atoms with Crippen LogP contribution in [0.25, 0.3) is 0 Å². The smallest absolute Gasteiger partial charge is 0.215 e. The van der Waals surface area contributed by atoms with Crippen molar-refractivity contribution in [3.8, 4) is 0 Å². The largest absolute Gasteiger partial charge is 0.410 e. The van der Waals surface area contributed by atoms with Crippen LogP contribution in [0.2, 0.25) is 18.1 Å². The maximum Gasteiger partial charge on any atom is 0.215 e. The summed E-state index contributed by atoms with van der Waals surface area (Å²) in [5.74, 6) is 0. The molecule has 0 rings (SSSR count). The second-order valence-corrected chi connectivity index (χ2v) is 12.0. The van der Waals surface area contributed by atoms with Gasteiger partial charge in [-0.3, -0.25) is 0 Å². The maximum absolute atomic E-state index is 6.23. The van der Waals surface area contributed by atoms with Crippen LogP contribution >= 0.6 is 57.4 Å². The number of rotatable bonds is 7. The van der Waals surface area contributed by atoms with Crippen LogP contribution in [-0.4, -0.2) is 22.6 Å². The van der Waals surface area contributed by atoms with Crippen molar-refractivity contribution in [3.05, 3.63) is 0 Å². The van der Waals surface area contributed by atoms with E-state index >= 15 is 0 Å². The zero-order chi connectivity index (χ0) is 12.8. The molecule has 0 saturated carbocycles. The minimum Gasteiger partial charge on any atom is -0.410 e. The highest BCUT2D eigenvalue weighted by molar-refractivity contribution is 14.1. The summed E-state index contributed by atoms with van der Waals surface area (Å²) in [6, 6.07) is 3.25. The molecule has 0 radical (unpaired) electrons. The van der Waals surface area contributed by atoms with Gasteiger partial charge in [0.25, 0.3) is 0 Å². The molecule has 0 aliphatic heterocycles. The third kappa shape index (κ3) is 5.61. The molecule has 0 aliphatic rings. The van der Waals surface area contributed by atoms with Gasteiger partial charge >= 0.3 is 0 Å². The van der Waals surface area contributed by atoms with E-state index < -0.39 is 12.1 Å². The van der Waals surface area contributed by atoms with Gasteiger partial charge in [0.1, 0.15) is 0 Å². The van der Waals surface area contributed by atoms with Gasteiger partial charge < -0.3 is 4.43 Å². The zero-order valence-electron chi connectivity index (χ0n) is 10.0. The van der Waals surface area contributed by atoms with Gasteiger partial charge in [0.05, 0.1) is 6.10 Å². The molecule has 98 valence electrons. The number of alkyl halides is 4. The van der Waals surface area contributed by atoms with Crippen molar-refractivity contribution >= 4 is 65.7 Å². The molecule has 6 heteroatoms. The second-order valence-electron chi connectivity index (χ2n) is 3.87. The van der Waals surface area contributed by atoms with Crippen LogP contribution in [0.15, 0.2) is 0 Å². The summed E-state index contributed by atoms with van der Waals surface area (Å²) in [6.07, 6.45) is 0.534. The molecule has 0 N–H and O–H groups in total. The van der Waals surface area contributed by atoms with Gasteiger partial charge in [-0.2, -0.15) is 0 Å². The van der Waals surface area contributed by atoms with Crippen molar-refractivity contribution < 1.29 is 4.43 Å². The summed E-state index contributed by atoms with van der Waals surface area (Å²) in [7, 11) is -1.68. The minimum absolute atomic E-state index is 0.263. The van der Waals surface area contributed by atoms with Gasteiger partial charge in [-0.15, -0.1) is 0 Å². The summed E-state index contributed by atoms with van der Waals surface area (Å²) in [4.78, 5) is 0. The van der Waals surface area contributed by atoms with Crippen LogP contribution in [0.4, 0.5) is 0 Å². The molecule has 0 aromatic carbocycles. The van der Waals surface area contributed by atoms with Crippen molar-refractivity contribution in [2.45, 2.75) is 55.2 Å². The Balaban J connectivity index is 4.70. The molecule has 0 unspecified atom stereocenters. The van der Waals surface area contributed by atoms with E-state index in [0.717, 1.165) is 29.0 Å². The molecule has 1 nitrogen and oxygen atoms in total. The standard InChI is InChI=1S/C10H20Cl3IOSi/c1-4-16(5-2,6-3)15-9(7-8-14)10(11,12)13/h9H,4-8H2,1-3H3/t9-/m1/s1. The highest BCUT2D eigenvalue weighted by atomic mass is 127. The van der Waals surface area contributed by atoms with E-state index in [1.807, 2.05) is 0 Å². The molecule has 0 amide bonds. The normalized spacial score (nSPS) is 15.2. The van der Waals surface area contributed by atoms with Crippen LogP contribution < -0.4 is 0 Å². The van der Waals surface area contributed by atoms with Gasteiger partial charge in [0, 0.05) is 4.43 Å². The van der Waals surface area contributed by atoms with Gasteiger partial charge in [-0.05, 0) is 24.6 Å². The fourth-order valence-corrected chi connectivity index (χ4v) is 5.84.